The van der Waals surface area contributed by atoms with E-state index in [1.807, 2.05) is 19.1 Å². The fourth-order valence-corrected chi connectivity index (χ4v) is 4.55. The SMILES string of the molecule is Cc1ccc(NC(=O)c2cc(CN3C(=O)N(c4ccc(S(=O)(=O)C(F)(F)F)cc4)C(=O)C3C)ccn2)cc1. The summed E-state index contributed by atoms with van der Waals surface area (Å²) < 4.78 is 61.6. The molecule has 2 aromatic carbocycles. The molecule has 4 rings (SSSR count). The molecule has 0 aliphatic carbocycles. The van der Waals surface area contributed by atoms with Crippen LogP contribution in [0.5, 0.6) is 0 Å². The summed E-state index contributed by atoms with van der Waals surface area (Å²) >= 11 is 0. The molecule has 1 atom stereocenters. The van der Waals surface area contributed by atoms with Gasteiger partial charge >= 0.3 is 11.5 Å². The van der Waals surface area contributed by atoms with Gasteiger partial charge in [0.05, 0.1) is 10.6 Å². The van der Waals surface area contributed by atoms with E-state index in [0.29, 0.717) is 23.4 Å². The molecule has 0 radical (unpaired) electrons. The first-order valence-corrected chi connectivity index (χ1v) is 12.7. The molecule has 1 aromatic heterocycles. The minimum absolute atomic E-state index is 0.0594. The third kappa shape index (κ3) is 5.09. The van der Waals surface area contributed by atoms with Crippen LogP contribution >= 0.6 is 0 Å². The summed E-state index contributed by atoms with van der Waals surface area (Å²) in [7, 11) is -5.58. The van der Waals surface area contributed by atoms with Crippen LogP contribution in [-0.4, -0.2) is 47.7 Å². The summed E-state index contributed by atoms with van der Waals surface area (Å²) in [6, 6.07) is 11.8. The van der Waals surface area contributed by atoms with Crippen LogP contribution in [0.25, 0.3) is 0 Å². The molecule has 38 heavy (non-hydrogen) atoms. The van der Waals surface area contributed by atoms with Crippen LogP contribution < -0.4 is 10.2 Å². The molecule has 0 saturated carbocycles. The highest BCUT2D eigenvalue weighted by Crippen LogP contribution is 2.32. The van der Waals surface area contributed by atoms with Gasteiger partial charge in [-0.3, -0.25) is 14.6 Å². The van der Waals surface area contributed by atoms with Crippen molar-refractivity contribution >= 4 is 39.1 Å². The van der Waals surface area contributed by atoms with Gasteiger partial charge in [0.1, 0.15) is 11.7 Å². The number of alkyl halides is 3. The maximum atomic E-state index is 13.1. The van der Waals surface area contributed by atoms with Gasteiger partial charge in [0.2, 0.25) is 0 Å². The number of amides is 4. The minimum Gasteiger partial charge on any atom is -0.321 e. The largest absolute Gasteiger partial charge is 0.501 e. The molecule has 1 saturated heterocycles. The topological polar surface area (TPSA) is 117 Å². The first-order chi connectivity index (χ1) is 17.8. The number of carbonyl (C=O) groups is 3. The Balaban J connectivity index is 1.51. The number of rotatable bonds is 6. The second kappa shape index (κ2) is 9.89. The number of urea groups is 1. The Hall–Kier alpha value is -4.26. The highest BCUT2D eigenvalue weighted by atomic mass is 32.2. The standard InChI is InChI=1S/C25H21F3N4O5S/c1-15-3-5-18(6-4-15)30-22(33)21-13-17(11-12-29-21)14-31-16(2)23(34)32(24(31)35)19-7-9-20(10-8-19)38(36,37)25(26,27)28/h3-13,16H,14H2,1-2H3,(H,30,33). The van der Waals surface area contributed by atoms with Crippen molar-refractivity contribution < 1.29 is 36.0 Å². The summed E-state index contributed by atoms with van der Waals surface area (Å²) in [5.74, 6) is -1.11. The van der Waals surface area contributed by atoms with Crippen LogP contribution in [0.4, 0.5) is 29.3 Å². The molecule has 3 aromatic rings. The number of hydrogen-bond acceptors (Lipinski definition) is 6. The van der Waals surface area contributed by atoms with Gasteiger partial charge in [-0.25, -0.2) is 18.1 Å². The van der Waals surface area contributed by atoms with Gasteiger partial charge in [0.15, 0.2) is 0 Å². The van der Waals surface area contributed by atoms with E-state index in [1.165, 1.54) is 24.1 Å². The lowest BCUT2D eigenvalue weighted by Gasteiger charge is -2.19. The Morgan fingerprint density at radius 1 is 1.03 bits per heavy atom. The molecular formula is C25H21F3N4O5S. The second-order valence-electron chi connectivity index (χ2n) is 8.57. The lowest BCUT2D eigenvalue weighted by atomic mass is 10.2. The molecule has 2 heterocycles. The van der Waals surface area contributed by atoms with Gasteiger partial charge in [0, 0.05) is 18.4 Å². The highest BCUT2D eigenvalue weighted by Gasteiger charge is 2.47. The number of nitrogens with one attached hydrogen (secondary N) is 1. The number of sulfone groups is 1. The molecule has 9 nitrogen and oxygen atoms in total. The molecule has 1 aliphatic heterocycles. The van der Waals surface area contributed by atoms with Crippen LogP contribution in [0.15, 0.2) is 71.8 Å². The van der Waals surface area contributed by atoms with Crippen molar-refractivity contribution in [3.05, 3.63) is 83.7 Å². The molecule has 1 unspecified atom stereocenters. The van der Waals surface area contributed by atoms with Crippen molar-refractivity contribution in [3.8, 4) is 0 Å². The van der Waals surface area contributed by atoms with Crippen molar-refractivity contribution in [2.45, 2.75) is 36.8 Å². The van der Waals surface area contributed by atoms with E-state index in [0.717, 1.165) is 22.6 Å². The zero-order valence-electron chi connectivity index (χ0n) is 20.1. The van der Waals surface area contributed by atoms with Crippen molar-refractivity contribution in [1.29, 1.82) is 0 Å². The van der Waals surface area contributed by atoms with Gasteiger partial charge in [-0.05, 0) is 67.9 Å². The van der Waals surface area contributed by atoms with Crippen molar-refractivity contribution in [2.75, 3.05) is 10.2 Å². The smallest absolute Gasteiger partial charge is 0.321 e. The van der Waals surface area contributed by atoms with Crippen LogP contribution in [0.1, 0.15) is 28.5 Å². The molecule has 1 fully saturated rings. The van der Waals surface area contributed by atoms with Crippen molar-refractivity contribution in [1.82, 2.24) is 9.88 Å². The molecule has 1 N–H and O–H groups in total. The third-order valence-corrected chi connectivity index (χ3v) is 7.41. The number of anilines is 2. The Bertz CT molecular complexity index is 1510. The quantitative estimate of drug-likeness (QED) is 0.461. The Labute approximate surface area is 215 Å². The molecule has 1 aliphatic rings. The van der Waals surface area contributed by atoms with Gasteiger partial charge in [-0.2, -0.15) is 13.2 Å². The first-order valence-electron chi connectivity index (χ1n) is 11.2. The summed E-state index contributed by atoms with van der Waals surface area (Å²) in [6.45, 7) is 3.33. The number of benzene rings is 2. The first kappa shape index (κ1) is 26.8. The van der Waals surface area contributed by atoms with Crippen molar-refractivity contribution in [2.24, 2.45) is 0 Å². The zero-order valence-corrected chi connectivity index (χ0v) is 20.9. The molecule has 0 spiro atoms. The normalized spacial score (nSPS) is 16.2. The maximum absolute atomic E-state index is 13.1. The Kier molecular flexibility index (Phi) is 6.98. The van der Waals surface area contributed by atoms with E-state index in [4.69, 9.17) is 0 Å². The van der Waals surface area contributed by atoms with E-state index >= 15 is 0 Å². The third-order valence-electron chi connectivity index (χ3n) is 5.91. The number of halogens is 3. The average molecular weight is 547 g/mol. The van der Waals surface area contributed by atoms with Gasteiger partial charge in [0.25, 0.3) is 21.7 Å². The van der Waals surface area contributed by atoms with E-state index in [9.17, 15) is 36.0 Å². The summed E-state index contributed by atoms with van der Waals surface area (Å²) in [6.07, 6.45) is 1.39. The number of aryl methyl sites for hydroxylation is 1. The Morgan fingerprint density at radius 2 is 1.66 bits per heavy atom. The maximum Gasteiger partial charge on any atom is 0.501 e. The Morgan fingerprint density at radius 3 is 2.26 bits per heavy atom. The molecule has 4 amide bonds. The van der Waals surface area contributed by atoms with Crippen molar-refractivity contribution in [3.63, 3.8) is 0 Å². The number of imide groups is 1. The zero-order chi connectivity index (χ0) is 27.8. The number of hydrogen-bond donors (Lipinski definition) is 1. The molecular weight excluding hydrogens is 525 g/mol. The van der Waals surface area contributed by atoms with E-state index in [1.54, 1.807) is 18.2 Å². The van der Waals surface area contributed by atoms with Gasteiger partial charge in [-0.15, -0.1) is 0 Å². The average Bonchev–Trinajstić information content (AvgIpc) is 3.08. The lowest BCUT2D eigenvalue weighted by molar-refractivity contribution is -0.119. The van der Waals surface area contributed by atoms with Crippen LogP contribution in [-0.2, 0) is 21.2 Å². The van der Waals surface area contributed by atoms with Crippen LogP contribution in [0.3, 0.4) is 0 Å². The number of nitrogens with zero attached hydrogens (tertiary/aromatic N) is 3. The van der Waals surface area contributed by atoms with E-state index < -0.39 is 44.1 Å². The number of pyridine rings is 1. The fraction of sp³-hybridized carbons (Fsp3) is 0.200. The number of aromatic nitrogens is 1. The molecule has 198 valence electrons. The molecule has 13 heteroatoms. The highest BCUT2D eigenvalue weighted by molar-refractivity contribution is 7.92. The number of carbonyl (C=O) groups excluding carboxylic acids is 3. The van der Waals surface area contributed by atoms with E-state index in [-0.39, 0.29) is 17.9 Å². The lowest BCUT2D eigenvalue weighted by Crippen LogP contribution is -2.33. The molecule has 0 bridgehead atoms. The van der Waals surface area contributed by atoms with Gasteiger partial charge in [-0.1, -0.05) is 17.7 Å². The van der Waals surface area contributed by atoms with Crippen LogP contribution in [0, 0.1) is 6.92 Å². The predicted octanol–water partition coefficient (Wildman–Crippen LogP) is 4.29. The monoisotopic (exact) mass is 546 g/mol. The summed E-state index contributed by atoms with van der Waals surface area (Å²) in [5, 5.41) is 2.73. The van der Waals surface area contributed by atoms with Crippen LogP contribution in [0.2, 0.25) is 0 Å². The second-order valence-corrected chi connectivity index (χ2v) is 10.5. The van der Waals surface area contributed by atoms with Gasteiger partial charge < -0.3 is 10.2 Å². The minimum atomic E-state index is -5.58. The summed E-state index contributed by atoms with van der Waals surface area (Å²) in [5.41, 5.74) is -3.37. The fourth-order valence-electron chi connectivity index (χ4n) is 3.78. The summed E-state index contributed by atoms with van der Waals surface area (Å²) in [4.78, 5) is 43.6. The van der Waals surface area contributed by atoms with E-state index in [2.05, 4.69) is 10.3 Å². The predicted molar refractivity (Wildman–Crippen MR) is 131 cm³/mol.